The van der Waals surface area contributed by atoms with Gasteiger partial charge in [-0.25, -0.2) is 9.97 Å². The van der Waals surface area contributed by atoms with Gasteiger partial charge in [-0.3, -0.25) is 14.2 Å². The highest BCUT2D eigenvalue weighted by atomic mass is 32.1. The van der Waals surface area contributed by atoms with Crippen molar-refractivity contribution in [2.75, 3.05) is 5.32 Å². The van der Waals surface area contributed by atoms with Gasteiger partial charge in [-0.2, -0.15) is 0 Å². The van der Waals surface area contributed by atoms with Crippen molar-refractivity contribution in [1.82, 2.24) is 14.5 Å². The number of hydrogen-bond donors (Lipinski definition) is 1. The fourth-order valence-corrected chi connectivity index (χ4v) is 4.59. The van der Waals surface area contributed by atoms with Gasteiger partial charge in [0.25, 0.3) is 5.56 Å². The molecule has 0 fully saturated rings. The molecule has 32 heavy (non-hydrogen) atoms. The molecule has 7 heteroatoms. The van der Waals surface area contributed by atoms with E-state index in [9.17, 15) is 9.59 Å². The minimum Gasteiger partial charge on any atom is -0.326 e. The molecule has 158 valence electrons. The van der Waals surface area contributed by atoms with Gasteiger partial charge in [-0.05, 0) is 42.8 Å². The first-order valence-electron chi connectivity index (χ1n) is 10.4. The zero-order valence-electron chi connectivity index (χ0n) is 17.2. The number of nitrogens with zero attached hydrogens (tertiary/aromatic N) is 3. The monoisotopic (exact) mass is 440 g/mol. The van der Waals surface area contributed by atoms with Gasteiger partial charge < -0.3 is 5.32 Å². The van der Waals surface area contributed by atoms with E-state index in [1.54, 1.807) is 28.3 Å². The third-order valence-electron chi connectivity index (χ3n) is 5.22. The highest BCUT2D eigenvalue weighted by molar-refractivity contribution is 7.21. The summed E-state index contributed by atoms with van der Waals surface area (Å²) >= 11 is 1.63. The van der Waals surface area contributed by atoms with Crippen LogP contribution in [0, 0.1) is 0 Å². The summed E-state index contributed by atoms with van der Waals surface area (Å²) in [5.74, 6) is -0.0896. The summed E-state index contributed by atoms with van der Waals surface area (Å²) < 4.78 is 2.69. The third-order valence-corrected chi connectivity index (χ3v) is 6.31. The van der Waals surface area contributed by atoms with E-state index in [1.807, 2.05) is 60.7 Å². The summed E-state index contributed by atoms with van der Waals surface area (Å²) in [7, 11) is 0. The van der Waals surface area contributed by atoms with E-state index < -0.39 is 0 Å². The Labute approximate surface area is 188 Å². The first-order chi connectivity index (χ1) is 15.7. The van der Waals surface area contributed by atoms with Crippen molar-refractivity contribution >= 4 is 44.1 Å². The number of fused-ring (bicyclic) bond motifs is 2. The van der Waals surface area contributed by atoms with Crippen molar-refractivity contribution in [3.63, 3.8) is 0 Å². The molecule has 0 atom stereocenters. The normalized spacial score (nSPS) is 11.1. The van der Waals surface area contributed by atoms with Crippen LogP contribution in [0.3, 0.4) is 0 Å². The lowest BCUT2D eigenvalue weighted by Crippen LogP contribution is -2.21. The van der Waals surface area contributed by atoms with Crippen molar-refractivity contribution in [2.24, 2.45) is 0 Å². The number of hydrogen-bond acceptors (Lipinski definition) is 5. The van der Waals surface area contributed by atoms with Gasteiger partial charge in [0.1, 0.15) is 5.01 Å². The number of carbonyl (C=O) groups is 1. The number of amides is 1. The molecule has 2 aromatic heterocycles. The number of aromatic nitrogens is 3. The highest BCUT2D eigenvalue weighted by Gasteiger charge is 2.09. The Morgan fingerprint density at radius 2 is 1.78 bits per heavy atom. The van der Waals surface area contributed by atoms with Crippen LogP contribution in [0.15, 0.2) is 83.9 Å². The minimum atomic E-state index is -0.0896. The molecule has 0 saturated carbocycles. The fraction of sp³-hybridized carbons (Fsp3) is 0.120. The van der Waals surface area contributed by atoms with Gasteiger partial charge >= 0.3 is 0 Å². The number of rotatable bonds is 6. The number of benzene rings is 3. The van der Waals surface area contributed by atoms with Gasteiger partial charge in [0.05, 0.1) is 27.4 Å². The lowest BCUT2D eigenvalue weighted by molar-refractivity contribution is -0.116. The van der Waals surface area contributed by atoms with Crippen molar-refractivity contribution in [3.05, 3.63) is 89.5 Å². The van der Waals surface area contributed by atoms with Crippen LogP contribution < -0.4 is 10.9 Å². The lowest BCUT2D eigenvalue weighted by atomic mass is 10.2. The summed E-state index contributed by atoms with van der Waals surface area (Å²) in [6, 6.07) is 23.0. The van der Waals surface area contributed by atoms with Crippen LogP contribution in [0.4, 0.5) is 5.69 Å². The van der Waals surface area contributed by atoms with Gasteiger partial charge in [0.2, 0.25) is 5.91 Å². The van der Waals surface area contributed by atoms with Crippen molar-refractivity contribution < 1.29 is 4.79 Å². The van der Waals surface area contributed by atoms with E-state index in [-0.39, 0.29) is 11.5 Å². The quantitative estimate of drug-likeness (QED) is 0.399. The molecule has 6 nitrogen and oxygen atoms in total. The van der Waals surface area contributed by atoms with Gasteiger partial charge in [-0.1, -0.05) is 36.4 Å². The van der Waals surface area contributed by atoms with E-state index in [0.29, 0.717) is 30.3 Å². The van der Waals surface area contributed by atoms with Crippen LogP contribution in [0.25, 0.3) is 31.7 Å². The van der Waals surface area contributed by atoms with E-state index in [0.717, 1.165) is 26.5 Å². The summed E-state index contributed by atoms with van der Waals surface area (Å²) in [4.78, 5) is 34.0. The Balaban J connectivity index is 1.22. The molecule has 1 N–H and O–H groups in total. The molecule has 0 radical (unpaired) electrons. The summed E-state index contributed by atoms with van der Waals surface area (Å²) in [6.45, 7) is 0.440. The first-order valence-corrected chi connectivity index (χ1v) is 11.2. The molecule has 5 rings (SSSR count). The standard InChI is InChI=1S/C25H20N4O2S/c30-23(13-6-14-29-16-26-20-10-2-1-9-19(20)25(29)31)27-18-8-5-7-17(15-18)24-28-21-11-3-4-12-22(21)32-24/h1-5,7-12,15-16H,6,13-14H2,(H,27,30). The minimum absolute atomic E-state index is 0.0838. The number of aryl methyl sites for hydroxylation is 1. The second kappa shape index (κ2) is 8.72. The third kappa shape index (κ3) is 4.15. The molecule has 0 spiro atoms. The van der Waals surface area contributed by atoms with Gasteiger partial charge in [0.15, 0.2) is 0 Å². The molecule has 1 amide bonds. The number of thiazole rings is 1. The average Bonchev–Trinajstić information content (AvgIpc) is 3.25. The number of anilines is 1. The van der Waals surface area contributed by atoms with Crippen LogP contribution in [0.5, 0.6) is 0 Å². The van der Waals surface area contributed by atoms with Gasteiger partial charge in [-0.15, -0.1) is 11.3 Å². The molecule has 0 aliphatic rings. The Morgan fingerprint density at radius 3 is 2.66 bits per heavy atom. The molecule has 2 heterocycles. The Bertz CT molecular complexity index is 1460. The number of carbonyl (C=O) groups excluding carboxylic acids is 1. The van der Waals surface area contributed by atoms with E-state index in [1.165, 1.54) is 0 Å². The Hall–Kier alpha value is -3.84. The van der Waals surface area contributed by atoms with Crippen molar-refractivity contribution in [2.45, 2.75) is 19.4 Å². The molecule has 5 aromatic rings. The molecule has 0 aliphatic carbocycles. The number of para-hydroxylation sites is 2. The molecule has 0 bridgehead atoms. The molecular weight excluding hydrogens is 420 g/mol. The van der Waals surface area contributed by atoms with E-state index >= 15 is 0 Å². The van der Waals surface area contributed by atoms with E-state index in [4.69, 9.17) is 0 Å². The Kier molecular flexibility index (Phi) is 5.47. The maximum atomic E-state index is 12.5. The summed E-state index contributed by atoms with van der Waals surface area (Å²) in [5, 5.41) is 4.46. The highest BCUT2D eigenvalue weighted by Crippen LogP contribution is 2.31. The molecular formula is C25H20N4O2S. The largest absolute Gasteiger partial charge is 0.326 e. The van der Waals surface area contributed by atoms with Crippen LogP contribution >= 0.6 is 11.3 Å². The molecule has 0 aliphatic heterocycles. The van der Waals surface area contributed by atoms with Crippen LogP contribution in [0.1, 0.15) is 12.8 Å². The van der Waals surface area contributed by atoms with Gasteiger partial charge in [0, 0.05) is 24.2 Å². The van der Waals surface area contributed by atoms with Crippen LogP contribution in [-0.2, 0) is 11.3 Å². The zero-order valence-corrected chi connectivity index (χ0v) is 18.0. The molecule has 0 unspecified atom stereocenters. The second-order valence-corrected chi connectivity index (χ2v) is 8.51. The number of nitrogens with one attached hydrogen (secondary N) is 1. The first kappa shape index (κ1) is 20.1. The van der Waals surface area contributed by atoms with Crippen molar-refractivity contribution in [1.29, 1.82) is 0 Å². The predicted molar refractivity (Wildman–Crippen MR) is 129 cm³/mol. The maximum absolute atomic E-state index is 12.5. The van der Waals surface area contributed by atoms with Crippen LogP contribution in [0.2, 0.25) is 0 Å². The summed E-state index contributed by atoms with van der Waals surface area (Å²) in [6.07, 6.45) is 2.40. The smallest absolute Gasteiger partial charge is 0.261 e. The fourth-order valence-electron chi connectivity index (χ4n) is 3.62. The zero-order chi connectivity index (χ0) is 21.9. The van der Waals surface area contributed by atoms with E-state index in [2.05, 4.69) is 21.4 Å². The summed E-state index contributed by atoms with van der Waals surface area (Å²) in [5.41, 5.74) is 3.27. The van der Waals surface area contributed by atoms with Crippen molar-refractivity contribution in [3.8, 4) is 10.6 Å². The van der Waals surface area contributed by atoms with Crippen LogP contribution in [-0.4, -0.2) is 20.4 Å². The molecule has 0 saturated heterocycles. The molecule has 3 aromatic carbocycles. The average molecular weight is 441 g/mol. The predicted octanol–water partition coefficient (Wildman–Crippen LogP) is 5.09. The topological polar surface area (TPSA) is 76.9 Å². The maximum Gasteiger partial charge on any atom is 0.261 e. The Morgan fingerprint density at radius 1 is 0.969 bits per heavy atom. The lowest BCUT2D eigenvalue weighted by Gasteiger charge is -2.08. The second-order valence-electron chi connectivity index (χ2n) is 7.48. The SMILES string of the molecule is O=C(CCCn1cnc2ccccc2c1=O)Nc1cccc(-c2nc3ccccc3s2)c1.